The number of rotatable bonds is 5. The molecule has 1 aliphatic rings. The summed E-state index contributed by atoms with van der Waals surface area (Å²) < 4.78 is 5.13. The third-order valence-corrected chi connectivity index (χ3v) is 3.66. The zero-order valence-electron chi connectivity index (χ0n) is 11.1. The van der Waals surface area contributed by atoms with Gasteiger partial charge in [-0.05, 0) is 30.9 Å². The lowest BCUT2D eigenvalue weighted by Crippen LogP contribution is -2.36. The molecule has 0 aliphatic heterocycles. The molecule has 1 fully saturated rings. The van der Waals surface area contributed by atoms with Crippen LogP contribution in [0, 0.1) is 0 Å². The zero-order chi connectivity index (χ0) is 12.8. The number of hydrogen-bond donors (Lipinski definition) is 2. The first-order valence-corrected chi connectivity index (χ1v) is 6.82. The molecule has 0 amide bonds. The maximum absolute atomic E-state index is 10.0. The fourth-order valence-corrected chi connectivity index (χ4v) is 2.57. The molecular formula is C15H23NO2. The van der Waals surface area contributed by atoms with Crippen molar-refractivity contribution in [3.8, 4) is 0 Å². The number of hydrogen-bond acceptors (Lipinski definition) is 3. The summed E-state index contributed by atoms with van der Waals surface area (Å²) in [6, 6.07) is 8.49. The standard InChI is InChI=1S/C15H23NO2/c1-18-11-10-12-6-2-3-7-13(12)16-14-8-4-5-9-15(14)17/h2-3,6-7,14-17H,4-5,8-11H2,1H3/t14-,15-/m0/s1. The van der Waals surface area contributed by atoms with Crippen LogP contribution < -0.4 is 5.32 Å². The van der Waals surface area contributed by atoms with E-state index in [1.165, 1.54) is 12.0 Å². The Labute approximate surface area is 109 Å². The second-order valence-corrected chi connectivity index (χ2v) is 5.00. The van der Waals surface area contributed by atoms with Gasteiger partial charge in [0.15, 0.2) is 0 Å². The van der Waals surface area contributed by atoms with Gasteiger partial charge in [0.1, 0.15) is 0 Å². The quantitative estimate of drug-likeness (QED) is 0.843. The van der Waals surface area contributed by atoms with Crippen LogP contribution in [-0.2, 0) is 11.2 Å². The van der Waals surface area contributed by atoms with E-state index in [-0.39, 0.29) is 12.1 Å². The van der Waals surface area contributed by atoms with Crippen molar-refractivity contribution < 1.29 is 9.84 Å². The number of aliphatic hydroxyl groups is 1. The van der Waals surface area contributed by atoms with Crippen molar-refractivity contribution in [2.75, 3.05) is 19.0 Å². The number of nitrogens with one attached hydrogen (secondary N) is 1. The summed E-state index contributed by atoms with van der Waals surface area (Å²) in [6.07, 6.45) is 5.01. The van der Waals surface area contributed by atoms with Crippen LogP contribution in [0.15, 0.2) is 24.3 Å². The Morgan fingerprint density at radius 2 is 2.06 bits per heavy atom. The Kier molecular flexibility index (Phi) is 5.02. The Morgan fingerprint density at radius 1 is 1.28 bits per heavy atom. The van der Waals surface area contributed by atoms with Crippen LogP contribution >= 0.6 is 0 Å². The molecule has 0 unspecified atom stereocenters. The van der Waals surface area contributed by atoms with Gasteiger partial charge in [-0.25, -0.2) is 0 Å². The van der Waals surface area contributed by atoms with E-state index in [1.54, 1.807) is 7.11 Å². The van der Waals surface area contributed by atoms with E-state index in [0.29, 0.717) is 0 Å². The summed E-state index contributed by atoms with van der Waals surface area (Å²) in [6.45, 7) is 0.728. The summed E-state index contributed by atoms with van der Waals surface area (Å²) in [7, 11) is 1.72. The third-order valence-electron chi connectivity index (χ3n) is 3.66. The van der Waals surface area contributed by atoms with Gasteiger partial charge >= 0.3 is 0 Å². The molecule has 3 nitrogen and oxygen atoms in total. The van der Waals surface area contributed by atoms with Gasteiger partial charge < -0.3 is 15.2 Å². The minimum atomic E-state index is -0.214. The molecule has 2 N–H and O–H groups in total. The average molecular weight is 249 g/mol. The molecule has 0 radical (unpaired) electrons. The molecule has 1 aromatic rings. The van der Waals surface area contributed by atoms with E-state index in [4.69, 9.17) is 4.74 Å². The molecule has 2 atom stereocenters. The van der Waals surface area contributed by atoms with Crippen LogP contribution in [0.1, 0.15) is 31.2 Å². The summed E-state index contributed by atoms with van der Waals surface area (Å²) in [4.78, 5) is 0. The molecule has 0 aromatic heterocycles. The van der Waals surface area contributed by atoms with Crippen molar-refractivity contribution in [1.29, 1.82) is 0 Å². The Bertz CT molecular complexity index is 367. The first-order valence-electron chi connectivity index (χ1n) is 6.82. The molecular weight excluding hydrogens is 226 g/mol. The minimum absolute atomic E-state index is 0.197. The van der Waals surface area contributed by atoms with Gasteiger partial charge in [-0.2, -0.15) is 0 Å². The number of anilines is 1. The normalized spacial score (nSPS) is 23.9. The monoisotopic (exact) mass is 249 g/mol. The highest BCUT2D eigenvalue weighted by Crippen LogP contribution is 2.24. The fourth-order valence-electron chi connectivity index (χ4n) is 2.57. The van der Waals surface area contributed by atoms with Gasteiger partial charge in [-0.15, -0.1) is 0 Å². The van der Waals surface area contributed by atoms with Crippen LogP contribution in [0.2, 0.25) is 0 Å². The Balaban J connectivity index is 2.03. The van der Waals surface area contributed by atoms with E-state index in [9.17, 15) is 5.11 Å². The zero-order valence-corrected chi connectivity index (χ0v) is 11.1. The number of benzene rings is 1. The van der Waals surface area contributed by atoms with Crippen molar-refractivity contribution in [2.45, 2.75) is 44.2 Å². The summed E-state index contributed by atoms with van der Waals surface area (Å²) >= 11 is 0. The van der Waals surface area contributed by atoms with E-state index in [1.807, 2.05) is 12.1 Å². The number of para-hydroxylation sites is 1. The van der Waals surface area contributed by atoms with Gasteiger partial charge in [0.2, 0.25) is 0 Å². The van der Waals surface area contributed by atoms with Crippen molar-refractivity contribution in [2.24, 2.45) is 0 Å². The molecule has 0 spiro atoms. The van der Waals surface area contributed by atoms with E-state index < -0.39 is 0 Å². The maximum Gasteiger partial charge on any atom is 0.0741 e. The van der Waals surface area contributed by atoms with Crippen LogP contribution in [0.5, 0.6) is 0 Å². The van der Waals surface area contributed by atoms with Crippen LogP contribution in [0.4, 0.5) is 5.69 Å². The smallest absolute Gasteiger partial charge is 0.0741 e. The lowest BCUT2D eigenvalue weighted by Gasteiger charge is -2.30. The van der Waals surface area contributed by atoms with Gasteiger partial charge in [0, 0.05) is 12.8 Å². The molecule has 0 saturated heterocycles. The van der Waals surface area contributed by atoms with E-state index in [0.717, 1.165) is 38.0 Å². The van der Waals surface area contributed by atoms with Gasteiger partial charge in [0.05, 0.1) is 18.8 Å². The second-order valence-electron chi connectivity index (χ2n) is 5.00. The minimum Gasteiger partial charge on any atom is -0.391 e. The Hall–Kier alpha value is -1.06. The molecule has 1 aromatic carbocycles. The largest absolute Gasteiger partial charge is 0.391 e. The first-order chi connectivity index (χ1) is 8.81. The molecule has 2 rings (SSSR count). The van der Waals surface area contributed by atoms with Gasteiger partial charge in [0.25, 0.3) is 0 Å². The summed E-state index contributed by atoms with van der Waals surface area (Å²) in [5.41, 5.74) is 2.40. The van der Waals surface area contributed by atoms with E-state index >= 15 is 0 Å². The van der Waals surface area contributed by atoms with Crippen molar-refractivity contribution in [3.63, 3.8) is 0 Å². The highest BCUT2D eigenvalue weighted by molar-refractivity contribution is 5.52. The summed E-state index contributed by atoms with van der Waals surface area (Å²) in [5.74, 6) is 0. The molecule has 1 aliphatic carbocycles. The van der Waals surface area contributed by atoms with Crippen molar-refractivity contribution >= 4 is 5.69 Å². The van der Waals surface area contributed by atoms with Crippen molar-refractivity contribution in [1.82, 2.24) is 0 Å². The first kappa shape index (κ1) is 13.4. The van der Waals surface area contributed by atoms with Crippen molar-refractivity contribution in [3.05, 3.63) is 29.8 Å². The predicted molar refractivity (Wildman–Crippen MR) is 73.9 cm³/mol. The number of methoxy groups -OCH3 is 1. The highest BCUT2D eigenvalue weighted by atomic mass is 16.5. The Morgan fingerprint density at radius 3 is 2.83 bits per heavy atom. The molecule has 3 heteroatoms. The fraction of sp³-hybridized carbons (Fsp3) is 0.600. The SMILES string of the molecule is COCCc1ccccc1N[C@H]1CCCC[C@@H]1O. The lowest BCUT2D eigenvalue weighted by atomic mass is 9.92. The summed E-state index contributed by atoms with van der Waals surface area (Å²) in [5, 5.41) is 13.5. The molecule has 18 heavy (non-hydrogen) atoms. The average Bonchev–Trinajstić information content (AvgIpc) is 2.40. The topological polar surface area (TPSA) is 41.5 Å². The predicted octanol–water partition coefficient (Wildman–Crippen LogP) is 2.59. The van der Waals surface area contributed by atoms with Crippen LogP contribution in [0.3, 0.4) is 0 Å². The van der Waals surface area contributed by atoms with Gasteiger partial charge in [-0.1, -0.05) is 31.0 Å². The third kappa shape index (κ3) is 3.47. The molecule has 1 saturated carbocycles. The van der Waals surface area contributed by atoms with Gasteiger partial charge in [-0.3, -0.25) is 0 Å². The lowest BCUT2D eigenvalue weighted by molar-refractivity contribution is 0.116. The number of ether oxygens (including phenoxy) is 1. The van der Waals surface area contributed by atoms with Crippen LogP contribution in [-0.4, -0.2) is 31.0 Å². The maximum atomic E-state index is 10.0. The highest BCUT2D eigenvalue weighted by Gasteiger charge is 2.23. The molecule has 0 bridgehead atoms. The molecule has 100 valence electrons. The van der Waals surface area contributed by atoms with Crippen LogP contribution in [0.25, 0.3) is 0 Å². The second kappa shape index (κ2) is 6.76. The molecule has 0 heterocycles. The van der Waals surface area contributed by atoms with E-state index in [2.05, 4.69) is 17.4 Å². The number of aliphatic hydroxyl groups excluding tert-OH is 1.